The van der Waals surface area contributed by atoms with Crippen LogP contribution in [0.1, 0.15) is 15.9 Å². The van der Waals surface area contributed by atoms with E-state index in [-0.39, 0.29) is 5.78 Å². The minimum Gasteiger partial charge on any atom is -0.345 e. The van der Waals surface area contributed by atoms with Gasteiger partial charge >= 0.3 is 0 Å². The number of nitrogens with zero attached hydrogens (tertiary/aromatic N) is 1. The number of hydrogen-bond acceptors (Lipinski definition) is 3. The van der Waals surface area contributed by atoms with E-state index in [4.69, 9.17) is 11.6 Å². The number of halogens is 1. The highest BCUT2D eigenvalue weighted by atomic mass is 35.5. The second-order valence-corrected chi connectivity index (χ2v) is 7.81. The summed E-state index contributed by atoms with van der Waals surface area (Å²) in [5, 5.41) is 1.33. The molecule has 4 aromatic rings. The average molecular weight is 410 g/mol. The Balaban J connectivity index is 1.85. The Morgan fingerprint density at radius 2 is 1.93 bits per heavy atom. The number of aromatic amines is 1. The number of ketones is 1. The number of benzene rings is 2. The van der Waals surface area contributed by atoms with Crippen LogP contribution in [0.2, 0.25) is 5.02 Å². The number of carbonyl (C=O) groups is 1. The zero-order chi connectivity index (χ0) is 19.7. The first-order chi connectivity index (χ1) is 13.5. The van der Waals surface area contributed by atoms with Crippen LogP contribution in [0.4, 0.5) is 5.69 Å². The molecule has 2 N–H and O–H groups in total. The second-order valence-electron chi connectivity index (χ2n) is 6.26. The zero-order valence-electron chi connectivity index (χ0n) is 14.9. The summed E-state index contributed by atoms with van der Waals surface area (Å²) in [6.45, 7) is 0. The maximum absolute atomic E-state index is 13.1. The molecule has 2 aromatic carbocycles. The number of H-pyrrole nitrogens is 1. The number of carbonyl (C=O) groups excluding carboxylic acids is 1. The van der Waals surface area contributed by atoms with E-state index < -0.39 is 11.0 Å². The quantitative estimate of drug-likeness (QED) is 0.464. The van der Waals surface area contributed by atoms with Crippen LogP contribution in [-0.4, -0.2) is 26.2 Å². The highest BCUT2D eigenvalue weighted by molar-refractivity contribution is 7.85. The number of hydrogen-bond donors (Lipinski definition) is 2. The van der Waals surface area contributed by atoms with E-state index in [1.807, 2.05) is 30.3 Å². The molecule has 7 heteroatoms. The van der Waals surface area contributed by atoms with Crippen molar-refractivity contribution < 1.29 is 9.00 Å². The van der Waals surface area contributed by atoms with Crippen LogP contribution >= 0.6 is 11.6 Å². The first kappa shape index (κ1) is 18.4. The molecule has 1 unspecified atom stereocenters. The van der Waals surface area contributed by atoms with E-state index in [1.165, 1.54) is 0 Å². The Hall–Kier alpha value is -2.96. The van der Waals surface area contributed by atoms with Crippen LogP contribution in [0.15, 0.2) is 67.0 Å². The first-order valence-electron chi connectivity index (χ1n) is 8.50. The van der Waals surface area contributed by atoms with E-state index in [0.717, 1.165) is 22.2 Å². The van der Waals surface area contributed by atoms with Crippen LogP contribution in [0, 0.1) is 0 Å². The molecular weight excluding hydrogens is 394 g/mol. The molecule has 4 rings (SSSR count). The molecular formula is C21H16ClN3O2S. The molecule has 2 heterocycles. The zero-order valence-corrected chi connectivity index (χ0v) is 16.5. The summed E-state index contributed by atoms with van der Waals surface area (Å²) in [4.78, 5) is 20.5. The fourth-order valence-electron chi connectivity index (χ4n) is 3.15. The minimum atomic E-state index is -1.17. The van der Waals surface area contributed by atoms with Crippen molar-refractivity contribution in [2.45, 2.75) is 0 Å². The topological polar surface area (TPSA) is 74.8 Å². The van der Waals surface area contributed by atoms with Gasteiger partial charge in [-0.15, -0.1) is 0 Å². The lowest BCUT2D eigenvalue weighted by molar-refractivity contribution is 0.104. The molecule has 2 aromatic heterocycles. The minimum absolute atomic E-state index is 0.110. The molecule has 140 valence electrons. The molecule has 0 aliphatic carbocycles. The fraction of sp³-hybridized carbons (Fsp3) is 0.0476. The largest absolute Gasteiger partial charge is 0.345 e. The summed E-state index contributed by atoms with van der Waals surface area (Å²) < 4.78 is 14.4. The van der Waals surface area contributed by atoms with Gasteiger partial charge in [-0.2, -0.15) is 0 Å². The molecule has 0 bridgehead atoms. The van der Waals surface area contributed by atoms with Crippen molar-refractivity contribution in [1.82, 2.24) is 9.97 Å². The Morgan fingerprint density at radius 3 is 2.68 bits per heavy atom. The lowest BCUT2D eigenvalue weighted by Gasteiger charge is -2.09. The lowest BCUT2D eigenvalue weighted by atomic mass is 9.97. The van der Waals surface area contributed by atoms with Crippen molar-refractivity contribution in [2.75, 3.05) is 11.0 Å². The summed E-state index contributed by atoms with van der Waals surface area (Å²) >= 11 is 5.94. The van der Waals surface area contributed by atoms with Crippen LogP contribution in [0.3, 0.4) is 0 Å². The molecule has 28 heavy (non-hydrogen) atoms. The van der Waals surface area contributed by atoms with Gasteiger partial charge in [0.05, 0.1) is 5.56 Å². The molecule has 0 aliphatic rings. The molecule has 0 saturated carbocycles. The van der Waals surface area contributed by atoms with E-state index in [2.05, 4.69) is 14.7 Å². The molecule has 0 amide bonds. The summed E-state index contributed by atoms with van der Waals surface area (Å²) in [5.41, 5.74) is 4.23. The number of pyridine rings is 1. The van der Waals surface area contributed by atoms with Gasteiger partial charge in [-0.3, -0.25) is 4.79 Å². The molecule has 0 saturated heterocycles. The van der Waals surface area contributed by atoms with Crippen molar-refractivity contribution in [3.8, 4) is 11.1 Å². The summed E-state index contributed by atoms with van der Waals surface area (Å²) in [6.07, 6.45) is 4.95. The van der Waals surface area contributed by atoms with E-state index in [1.54, 1.807) is 42.9 Å². The van der Waals surface area contributed by atoms with E-state index in [0.29, 0.717) is 21.8 Å². The smallest absolute Gasteiger partial charge is 0.195 e. The van der Waals surface area contributed by atoms with Crippen molar-refractivity contribution in [1.29, 1.82) is 0 Å². The number of aromatic nitrogens is 2. The van der Waals surface area contributed by atoms with E-state index >= 15 is 0 Å². The van der Waals surface area contributed by atoms with Crippen LogP contribution in [0.25, 0.3) is 22.2 Å². The van der Waals surface area contributed by atoms with Gasteiger partial charge in [0.25, 0.3) is 0 Å². The van der Waals surface area contributed by atoms with Gasteiger partial charge in [0, 0.05) is 40.3 Å². The molecule has 0 fully saturated rings. The fourth-order valence-corrected chi connectivity index (χ4v) is 3.73. The highest BCUT2D eigenvalue weighted by Gasteiger charge is 2.18. The second kappa shape index (κ2) is 7.58. The Bertz CT molecular complexity index is 1200. The molecule has 5 nitrogen and oxygen atoms in total. The third-order valence-corrected chi connectivity index (χ3v) is 5.13. The third-order valence-electron chi connectivity index (χ3n) is 4.36. The van der Waals surface area contributed by atoms with Gasteiger partial charge in [-0.25, -0.2) is 9.19 Å². The van der Waals surface area contributed by atoms with Gasteiger partial charge in [0.2, 0.25) is 0 Å². The predicted molar refractivity (Wildman–Crippen MR) is 114 cm³/mol. The van der Waals surface area contributed by atoms with E-state index in [9.17, 15) is 9.00 Å². The van der Waals surface area contributed by atoms with Crippen LogP contribution < -0.4 is 4.72 Å². The molecule has 0 aliphatic heterocycles. The number of rotatable bonds is 5. The Labute approximate surface area is 169 Å². The maximum atomic E-state index is 13.1. The predicted octanol–water partition coefficient (Wildman–Crippen LogP) is 4.82. The van der Waals surface area contributed by atoms with Crippen molar-refractivity contribution >= 4 is 45.1 Å². The number of anilines is 1. The first-order valence-corrected chi connectivity index (χ1v) is 10.4. The number of nitrogens with one attached hydrogen (secondary N) is 2. The van der Waals surface area contributed by atoms with Crippen LogP contribution in [-0.2, 0) is 11.0 Å². The molecule has 0 spiro atoms. The molecule has 0 radical (unpaired) electrons. The van der Waals surface area contributed by atoms with Gasteiger partial charge < -0.3 is 9.71 Å². The highest BCUT2D eigenvalue weighted by Crippen LogP contribution is 2.32. The monoisotopic (exact) mass is 409 g/mol. The van der Waals surface area contributed by atoms with Gasteiger partial charge in [0.1, 0.15) is 16.6 Å². The van der Waals surface area contributed by atoms with Gasteiger partial charge in [-0.05, 0) is 53.6 Å². The SMILES string of the molecule is CS(=O)Nc1cccc(-c2ccnc3[nH]cc(C(=O)c4ccc(Cl)cc4)c23)c1. The van der Waals surface area contributed by atoms with Crippen molar-refractivity contribution in [3.05, 3.63) is 83.1 Å². The van der Waals surface area contributed by atoms with Crippen molar-refractivity contribution in [2.24, 2.45) is 0 Å². The van der Waals surface area contributed by atoms with Crippen LogP contribution in [0.5, 0.6) is 0 Å². The van der Waals surface area contributed by atoms with Gasteiger partial charge in [0.15, 0.2) is 5.78 Å². The Morgan fingerprint density at radius 1 is 1.14 bits per heavy atom. The lowest BCUT2D eigenvalue weighted by Crippen LogP contribution is -2.02. The van der Waals surface area contributed by atoms with Crippen molar-refractivity contribution in [3.63, 3.8) is 0 Å². The summed E-state index contributed by atoms with van der Waals surface area (Å²) in [5.74, 6) is -0.110. The van der Waals surface area contributed by atoms with Gasteiger partial charge in [-0.1, -0.05) is 23.7 Å². The summed E-state index contributed by atoms with van der Waals surface area (Å²) in [6, 6.07) is 16.3. The standard InChI is InChI=1S/C21H16ClN3O2S/c1-28(27)25-16-4-2-3-14(11-16)17-9-10-23-21-19(17)18(12-24-21)20(26)13-5-7-15(22)8-6-13/h2-12,25H,1H3,(H,23,24). The molecule has 1 atom stereocenters. The Kier molecular flexibility index (Phi) is 4.98. The normalized spacial score (nSPS) is 12.1. The maximum Gasteiger partial charge on any atom is 0.195 e. The third kappa shape index (κ3) is 3.56. The average Bonchev–Trinajstić information content (AvgIpc) is 3.12. The number of fused-ring (bicyclic) bond motifs is 1. The summed E-state index contributed by atoms with van der Waals surface area (Å²) in [7, 11) is -1.17.